The van der Waals surface area contributed by atoms with Gasteiger partial charge >= 0.3 is 0 Å². The summed E-state index contributed by atoms with van der Waals surface area (Å²) in [6.07, 6.45) is 6.22. The highest BCUT2D eigenvalue weighted by atomic mass is 32.1. The van der Waals surface area contributed by atoms with Crippen molar-refractivity contribution in [2.75, 3.05) is 37.7 Å². The third-order valence-corrected chi connectivity index (χ3v) is 8.38. The summed E-state index contributed by atoms with van der Waals surface area (Å²) in [5.74, 6) is 2.28. The highest BCUT2D eigenvalue weighted by Crippen LogP contribution is 2.45. The molecule has 6 rings (SSSR count). The average Bonchev–Trinajstić information content (AvgIpc) is 3.52. The van der Waals surface area contributed by atoms with Gasteiger partial charge in [-0.2, -0.15) is 0 Å². The number of hydrogen-bond acceptors (Lipinski definition) is 7. The van der Waals surface area contributed by atoms with Crippen LogP contribution in [-0.4, -0.2) is 72.0 Å². The molecule has 5 heterocycles. The maximum Gasteiger partial charge on any atom is 0.141 e. The minimum Gasteiger partial charge on any atom is -0.376 e. The lowest BCUT2D eigenvalue weighted by Crippen LogP contribution is -2.42. The molecule has 5 unspecified atom stereocenters. The summed E-state index contributed by atoms with van der Waals surface area (Å²) in [6, 6.07) is 1.19. The van der Waals surface area contributed by atoms with Gasteiger partial charge < -0.3 is 14.4 Å². The van der Waals surface area contributed by atoms with Crippen LogP contribution >= 0.6 is 11.3 Å². The maximum absolute atomic E-state index is 6.39. The van der Waals surface area contributed by atoms with Crippen molar-refractivity contribution in [2.45, 2.75) is 63.3 Å². The zero-order valence-corrected chi connectivity index (χ0v) is 18.1. The van der Waals surface area contributed by atoms with Gasteiger partial charge in [-0.25, -0.2) is 9.97 Å². The van der Waals surface area contributed by atoms with Crippen molar-refractivity contribution < 1.29 is 9.47 Å². The lowest BCUT2D eigenvalue weighted by molar-refractivity contribution is -0.0125. The van der Waals surface area contributed by atoms with Crippen LogP contribution in [0.25, 0.3) is 10.2 Å². The molecule has 0 N–H and O–H groups in total. The summed E-state index contributed by atoms with van der Waals surface area (Å²) in [4.78, 5) is 15.5. The van der Waals surface area contributed by atoms with Gasteiger partial charge in [-0.15, -0.1) is 11.3 Å². The van der Waals surface area contributed by atoms with Gasteiger partial charge in [0, 0.05) is 37.6 Å². The van der Waals surface area contributed by atoms with Crippen molar-refractivity contribution in [1.82, 2.24) is 14.9 Å². The Kier molecular flexibility index (Phi) is 4.56. The zero-order valence-electron chi connectivity index (χ0n) is 17.3. The third-order valence-electron chi connectivity index (χ3n) is 7.47. The van der Waals surface area contributed by atoms with Crippen LogP contribution in [0.1, 0.15) is 44.6 Å². The first-order valence-electron chi connectivity index (χ1n) is 11.1. The van der Waals surface area contributed by atoms with Crippen molar-refractivity contribution in [3.8, 4) is 0 Å². The fourth-order valence-electron chi connectivity index (χ4n) is 5.97. The molecule has 0 amide bonds. The minimum atomic E-state index is 0.414. The summed E-state index contributed by atoms with van der Waals surface area (Å²) in [5, 5.41) is 3.55. The molecular weight excluding hydrogens is 384 g/mol. The Hall–Kier alpha value is -1.28. The van der Waals surface area contributed by atoms with Crippen molar-refractivity contribution >= 4 is 27.4 Å². The molecule has 1 aliphatic carbocycles. The number of thiophene rings is 1. The predicted octanol–water partition coefficient (Wildman–Crippen LogP) is 3.27. The number of nitrogens with zero attached hydrogens (tertiary/aromatic N) is 4. The monoisotopic (exact) mass is 414 g/mol. The quantitative estimate of drug-likeness (QED) is 0.723. The first-order valence-corrected chi connectivity index (χ1v) is 12.0. The smallest absolute Gasteiger partial charge is 0.141 e. The van der Waals surface area contributed by atoms with E-state index in [1.165, 1.54) is 23.8 Å². The molecule has 156 valence electrons. The molecule has 0 radical (unpaired) electrons. The highest BCUT2D eigenvalue weighted by Gasteiger charge is 2.46. The van der Waals surface area contributed by atoms with E-state index in [1.54, 1.807) is 17.7 Å². The Morgan fingerprint density at radius 1 is 1.21 bits per heavy atom. The molecule has 4 bridgehead atoms. The van der Waals surface area contributed by atoms with E-state index in [2.05, 4.69) is 34.0 Å². The fraction of sp³-hybridized carbons (Fsp3) is 0.727. The Morgan fingerprint density at radius 2 is 2.14 bits per heavy atom. The number of anilines is 1. The van der Waals surface area contributed by atoms with Crippen LogP contribution in [0.5, 0.6) is 0 Å². The lowest BCUT2D eigenvalue weighted by Gasteiger charge is -2.33. The van der Waals surface area contributed by atoms with Crippen LogP contribution in [0.4, 0.5) is 5.82 Å². The zero-order chi connectivity index (χ0) is 19.5. The Morgan fingerprint density at radius 3 is 2.86 bits per heavy atom. The molecule has 3 aliphatic heterocycles. The van der Waals surface area contributed by atoms with Crippen LogP contribution in [-0.2, 0) is 9.47 Å². The first-order chi connectivity index (χ1) is 14.2. The molecule has 0 aromatic carbocycles. The minimum absolute atomic E-state index is 0.414. The molecule has 5 atom stereocenters. The van der Waals surface area contributed by atoms with Crippen LogP contribution < -0.4 is 4.90 Å². The summed E-state index contributed by atoms with van der Waals surface area (Å²) >= 11 is 1.75. The van der Waals surface area contributed by atoms with Gasteiger partial charge in [0.2, 0.25) is 0 Å². The van der Waals surface area contributed by atoms with E-state index < -0.39 is 0 Å². The van der Waals surface area contributed by atoms with Gasteiger partial charge in [-0.05, 0) is 36.1 Å². The number of rotatable bonds is 6. The molecule has 1 saturated carbocycles. The highest BCUT2D eigenvalue weighted by molar-refractivity contribution is 7.17. The lowest BCUT2D eigenvalue weighted by atomic mass is 10.0. The number of morpholine rings is 1. The molecule has 2 aromatic heterocycles. The fourth-order valence-corrected chi connectivity index (χ4v) is 7.03. The van der Waals surface area contributed by atoms with Crippen molar-refractivity contribution in [1.29, 1.82) is 0 Å². The van der Waals surface area contributed by atoms with E-state index >= 15 is 0 Å². The molecule has 6 nitrogen and oxygen atoms in total. The van der Waals surface area contributed by atoms with Gasteiger partial charge in [0.15, 0.2) is 0 Å². The Bertz CT molecular complexity index is 902. The van der Waals surface area contributed by atoms with E-state index in [0.29, 0.717) is 36.1 Å². The average molecular weight is 415 g/mol. The van der Waals surface area contributed by atoms with E-state index in [4.69, 9.17) is 14.5 Å². The van der Waals surface area contributed by atoms with Crippen LogP contribution in [0.2, 0.25) is 0 Å². The summed E-state index contributed by atoms with van der Waals surface area (Å²) in [7, 11) is 0. The summed E-state index contributed by atoms with van der Waals surface area (Å²) in [6.45, 7) is 9.52. The Labute approximate surface area is 176 Å². The normalized spacial score (nSPS) is 33.8. The molecular formula is C22H30N4O2S. The van der Waals surface area contributed by atoms with Crippen LogP contribution in [0.3, 0.4) is 0 Å². The summed E-state index contributed by atoms with van der Waals surface area (Å²) in [5.41, 5.74) is 1.39. The van der Waals surface area contributed by atoms with E-state index in [-0.39, 0.29) is 0 Å². The van der Waals surface area contributed by atoms with Gasteiger partial charge in [-0.1, -0.05) is 13.8 Å². The van der Waals surface area contributed by atoms with E-state index in [9.17, 15) is 0 Å². The number of hydrogen-bond donors (Lipinski definition) is 0. The predicted molar refractivity (Wildman–Crippen MR) is 115 cm³/mol. The van der Waals surface area contributed by atoms with Crippen molar-refractivity contribution in [2.24, 2.45) is 5.92 Å². The number of aromatic nitrogens is 2. The Balaban J connectivity index is 1.11. The van der Waals surface area contributed by atoms with E-state index in [0.717, 1.165) is 49.9 Å². The number of piperidine rings is 1. The maximum atomic E-state index is 6.39. The van der Waals surface area contributed by atoms with Gasteiger partial charge in [0.05, 0.1) is 30.8 Å². The molecule has 4 fully saturated rings. The number of likely N-dealkylation sites (tertiary alicyclic amines) is 1. The van der Waals surface area contributed by atoms with Crippen LogP contribution in [0, 0.1) is 5.92 Å². The van der Waals surface area contributed by atoms with Gasteiger partial charge in [0.1, 0.15) is 17.0 Å². The standard InChI is InChI=1S/C22H30N4O2S/c1-13(2)18-11-29-22-20(18)21(23-12-24-22)26-8-14-5-15(26)7-19(14)27-4-3-25-9-17-6-16(25)10-28-17/h11-17,19H,3-10H2,1-2H3. The molecule has 4 aliphatic rings. The van der Waals surface area contributed by atoms with Crippen molar-refractivity contribution in [3.05, 3.63) is 17.3 Å². The number of ether oxygens (including phenoxy) is 2. The number of fused-ring (bicyclic) bond motifs is 5. The molecule has 0 spiro atoms. The second kappa shape index (κ2) is 7.15. The summed E-state index contributed by atoms with van der Waals surface area (Å²) < 4.78 is 12.1. The van der Waals surface area contributed by atoms with Crippen LogP contribution in [0.15, 0.2) is 11.7 Å². The first kappa shape index (κ1) is 18.5. The van der Waals surface area contributed by atoms with Gasteiger partial charge in [-0.3, -0.25) is 4.90 Å². The molecule has 7 heteroatoms. The molecule has 3 saturated heterocycles. The third kappa shape index (κ3) is 3.09. The van der Waals surface area contributed by atoms with Crippen molar-refractivity contribution in [3.63, 3.8) is 0 Å². The van der Waals surface area contributed by atoms with E-state index in [1.807, 2.05) is 0 Å². The SMILES string of the molecule is CC(C)c1csc2ncnc(N3CC4CC3CC4OCCN3CC4CC3CO4)c12. The second-order valence-electron chi connectivity index (χ2n) is 9.51. The largest absolute Gasteiger partial charge is 0.376 e. The molecule has 2 aromatic rings. The molecule has 29 heavy (non-hydrogen) atoms. The van der Waals surface area contributed by atoms with Gasteiger partial charge in [0.25, 0.3) is 0 Å². The topological polar surface area (TPSA) is 50.7 Å². The second-order valence-corrected chi connectivity index (χ2v) is 10.4.